The van der Waals surface area contributed by atoms with Gasteiger partial charge in [-0.25, -0.2) is 0 Å². The Balaban J connectivity index is 2.84. The molecule has 0 fully saturated rings. The molecule has 0 aliphatic rings. The van der Waals surface area contributed by atoms with E-state index in [-0.39, 0.29) is 6.61 Å². The molecule has 1 aromatic rings. The predicted octanol–water partition coefficient (Wildman–Crippen LogP) is 1.11. The van der Waals surface area contributed by atoms with Crippen LogP contribution >= 0.6 is 0 Å². The summed E-state index contributed by atoms with van der Waals surface area (Å²) < 4.78 is 6.93. The van der Waals surface area contributed by atoms with Gasteiger partial charge in [-0.15, -0.1) is 0 Å². The van der Waals surface area contributed by atoms with Crippen molar-refractivity contribution in [3.05, 3.63) is 11.9 Å². The Morgan fingerprint density at radius 3 is 2.88 bits per heavy atom. The zero-order chi connectivity index (χ0) is 12.0. The van der Waals surface area contributed by atoms with Crippen LogP contribution in [0, 0.1) is 0 Å². The standard InChI is InChI=1S/C11H20N2O3/c1-3-6-13-11(9(15)5-4-7-14)10(16-2)8-12-13/h8-9,14-15H,3-7H2,1-2H3. The lowest BCUT2D eigenvalue weighted by atomic mass is 10.1. The number of aliphatic hydroxyl groups excluding tert-OH is 2. The molecule has 0 aliphatic carbocycles. The number of aryl methyl sites for hydroxylation is 1. The van der Waals surface area contributed by atoms with Gasteiger partial charge in [0, 0.05) is 13.2 Å². The first-order valence-corrected chi connectivity index (χ1v) is 5.63. The molecule has 5 nitrogen and oxygen atoms in total. The number of ether oxygens (including phenoxy) is 1. The molecule has 1 aromatic heterocycles. The molecule has 1 atom stereocenters. The Kier molecular flexibility index (Phi) is 5.28. The minimum Gasteiger partial charge on any atom is -0.493 e. The molecule has 1 heterocycles. The van der Waals surface area contributed by atoms with Gasteiger partial charge in [-0.1, -0.05) is 6.92 Å². The van der Waals surface area contributed by atoms with Gasteiger partial charge in [-0.05, 0) is 19.3 Å². The third-order valence-corrected chi connectivity index (χ3v) is 2.45. The second-order valence-corrected chi connectivity index (χ2v) is 3.70. The maximum atomic E-state index is 10.0. The molecule has 0 saturated carbocycles. The van der Waals surface area contributed by atoms with E-state index in [9.17, 15) is 5.11 Å². The van der Waals surface area contributed by atoms with E-state index in [1.54, 1.807) is 18.0 Å². The van der Waals surface area contributed by atoms with E-state index in [1.165, 1.54) is 0 Å². The van der Waals surface area contributed by atoms with Crippen molar-refractivity contribution in [2.75, 3.05) is 13.7 Å². The van der Waals surface area contributed by atoms with Crippen molar-refractivity contribution in [2.24, 2.45) is 0 Å². The summed E-state index contributed by atoms with van der Waals surface area (Å²) in [6, 6.07) is 0. The van der Waals surface area contributed by atoms with E-state index >= 15 is 0 Å². The van der Waals surface area contributed by atoms with Crippen LogP contribution in [0.4, 0.5) is 0 Å². The number of nitrogens with zero attached hydrogens (tertiary/aromatic N) is 2. The monoisotopic (exact) mass is 228 g/mol. The van der Waals surface area contributed by atoms with Gasteiger partial charge < -0.3 is 14.9 Å². The first kappa shape index (κ1) is 13.0. The van der Waals surface area contributed by atoms with Crippen LogP contribution < -0.4 is 4.74 Å². The Bertz CT molecular complexity index is 312. The Morgan fingerprint density at radius 1 is 1.56 bits per heavy atom. The van der Waals surface area contributed by atoms with E-state index in [0.717, 1.165) is 13.0 Å². The van der Waals surface area contributed by atoms with Gasteiger partial charge in [0.15, 0.2) is 5.75 Å². The van der Waals surface area contributed by atoms with Gasteiger partial charge in [-0.3, -0.25) is 4.68 Å². The third-order valence-electron chi connectivity index (χ3n) is 2.45. The van der Waals surface area contributed by atoms with Gasteiger partial charge in [0.25, 0.3) is 0 Å². The Labute approximate surface area is 95.7 Å². The largest absolute Gasteiger partial charge is 0.493 e. The summed E-state index contributed by atoms with van der Waals surface area (Å²) in [5.41, 5.74) is 0.706. The number of hydrogen-bond acceptors (Lipinski definition) is 4. The summed E-state index contributed by atoms with van der Waals surface area (Å²) in [7, 11) is 1.57. The predicted molar refractivity (Wildman–Crippen MR) is 60.3 cm³/mol. The van der Waals surface area contributed by atoms with Crippen molar-refractivity contribution < 1.29 is 14.9 Å². The maximum Gasteiger partial charge on any atom is 0.162 e. The average molecular weight is 228 g/mol. The first-order valence-electron chi connectivity index (χ1n) is 5.63. The quantitative estimate of drug-likeness (QED) is 0.733. The molecular formula is C11H20N2O3. The number of hydrogen-bond donors (Lipinski definition) is 2. The molecule has 0 bridgehead atoms. The summed E-state index contributed by atoms with van der Waals surface area (Å²) in [6.45, 7) is 2.90. The van der Waals surface area contributed by atoms with Crippen LogP contribution in [0.15, 0.2) is 6.20 Å². The Hall–Kier alpha value is -1.07. The molecule has 0 aliphatic heterocycles. The number of methoxy groups -OCH3 is 1. The fourth-order valence-electron chi connectivity index (χ4n) is 1.68. The van der Waals surface area contributed by atoms with Crippen LogP contribution in [0.1, 0.15) is 38.0 Å². The smallest absolute Gasteiger partial charge is 0.162 e. The molecule has 92 valence electrons. The van der Waals surface area contributed by atoms with Crippen LogP contribution in [0.5, 0.6) is 5.75 Å². The van der Waals surface area contributed by atoms with Gasteiger partial charge >= 0.3 is 0 Å². The topological polar surface area (TPSA) is 67.5 Å². The SMILES string of the molecule is CCCn1ncc(OC)c1C(O)CCCO. The van der Waals surface area contributed by atoms with E-state index < -0.39 is 6.10 Å². The molecule has 1 rings (SSSR count). The van der Waals surface area contributed by atoms with Gasteiger partial charge in [0.1, 0.15) is 5.69 Å². The van der Waals surface area contributed by atoms with Crippen LogP contribution in [0.2, 0.25) is 0 Å². The third kappa shape index (κ3) is 2.96. The molecule has 2 N–H and O–H groups in total. The van der Waals surface area contributed by atoms with Gasteiger partial charge in [0.05, 0.1) is 19.4 Å². The maximum absolute atomic E-state index is 10.0. The van der Waals surface area contributed by atoms with Crippen LogP contribution in [-0.4, -0.2) is 33.7 Å². The highest BCUT2D eigenvalue weighted by molar-refractivity contribution is 5.27. The first-order chi connectivity index (χ1) is 7.74. The zero-order valence-corrected chi connectivity index (χ0v) is 9.89. The molecular weight excluding hydrogens is 208 g/mol. The fourth-order valence-corrected chi connectivity index (χ4v) is 1.68. The summed E-state index contributed by atoms with van der Waals surface area (Å²) in [5.74, 6) is 0.610. The van der Waals surface area contributed by atoms with Crippen molar-refractivity contribution in [3.63, 3.8) is 0 Å². The lowest BCUT2D eigenvalue weighted by molar-refractivity contribution is 0.138. The van der Waals surface area contributed by atoms with E-state index in [4.69, 9.17) is 9.84 Å². The zero-order valence-electron chi connectivity index (χ0n) is 9.89. The summed E-state index contributed by atoms with van der Waals surface area (Å²) >= 11 is 0. The molecule has 0 saturated heterocycles. The molecule has 1 unspecified atom stereocenters. The second kappa shape index (κ2) is 6.50. The van der Waals surface area contributed by atoms with Crippen LogP contribution in [-0.2, 0) is 6.54 Å². The summed E-state index contributed by atoms with van der Waals surface area (Å²) in [5, 5.41) is 22.9. The van der Waals surface area contributed by atoms with Crippen LogP contribution in [0.3, 0.4) is 0 Å². The molecule has 0 amide bonds. The summed E-state index contributed by atoms with van der Waals surface area (Å²) in [6.07, 6.45) is 3.03. The minimum absolute atomic E-state index is 0.0846. The summed E-state index contributed by atoms with van der Waals surface area (Å²) in [4.78, 5) is 0. The van der Waals surface area contributed by atoms with Crippen molar-refractivity contribution in [3.8, 4) is 5.75 Å². The van der Waals surface area contributed by atoms with Gasteiger partial charge in [0.2, 0.25) is 0 Å². The normalized spacial score (nSPS) is 12.8. The highest BCUT2D eigenvalue weighted by atomic mass is 16.5. The average Bonchev–Trinajstić information content (AvgIpc) is 2.69. The van der Waals surface area contributed by atoms with Gasteiger partial charge in [-0.2, -0.15) is 5.10 Å². The van der Waals surface area contributed by atoms with Crippen molar-refractivity contribution in [1.82, 2.24) is 9.78 Å². The molecule has 5 heteroatoms. The lowest BCUT2D eigenvalue weighted by Gasteiger charge is -2.14. The van der Waals surface area contributed by atoms with E-state index in [0.29, 0.717) is 24.3 Å². The van der Waals surface area contributed by atoms with E-state index in [1.807, 2.05) is 0 Å². The van der Waals surface area contributed by atoms with Crippen LogP contribution in [0.25, 0.3) is 0 Å². The Morgan fingerprint density at radius 2 is 2.31 bits per heavy atom. The number of rotatable bonds is 7. The molecule has 16 heavy (non-hydrogen) atoms. The number of aromatic nitrogens is 2. The lowest BCUT2D eigenvalue weighted by Crippen LogP contribution is -2.10. The van der Waals surface area contributed by atoms with E-state index in [2.05, 4.69) is 12.0 Å². The fraction of sp³-hybridized carbons (Fsp3) is 0.727. The molecule has 0 spiro atoms. The van der Waals surface area contributed by atoms with Crippen molar-refractivity contribution in [2.45, 2.75) is 38.8 Å². The molecule has 0 radical (unpaired) electrons. The second-order valence-electron chi connectivity index (χ2n) is 3.70. The number of aliphatic hydroxyl groups is 2. The molecule has 0 aromatic carbocycles. The highest BCUT2D eigenvalue weighted by Gasteiger charge is 2.19. The minimum atomic E-state index is -0.629. The highest BCUT2D eigenvalue weighted by Crippen LogP contribution is 2.27. The van der Waals surface area contributed by atoms with Crippen molar-refractivity contribution in [1.29, 1.82) is 0 Å². The van der Waals surface area contributed by atoms with Crippen molar-refractivity contribution >= 4 is 0 Å².